The second-order valence-corrected chi connectivity index (χ2v) is 6.04. The van der Waals surface area contributed by atoms with Gasteiger partial charge in [0.1, 0.15) is 18.5 Å². The van der Waals surface area contributed by atoms with Crippen LogP contribution in [0.4, 0.5) is 16.0 Å². The van der Waals surface area contributed by atoms with Crippen molar-refractivity contribution >= 4 is 11.6 Å². The Labute approximate surface area is 128 Å². The molecular formula is C15H17FN6. The van der Waals surface area contributed by atoms with Gasteiger partial charge in [-0.05, 0) is 6.92 Å². The lowest BCUT2D eigenvalue weighted by Crippen LogP contribution is -2.30. The fourth-order valence-electron chi connectivity index (χ4n) is 3.51. The van der Waals surface area contributed by atoms with Gasteiger partial charge in [0, 0.05) is 49.8 Å². The molecule has 22 heavy (non-hydrogen) atoms. The first-order valence-electron chi connectivity index (χ1n) is 7.45. The minimum Gasteiger partial charge on any atom is -0.356 e. The summed E-state index contributed by atoms with van der Waals surface area (Å²) in [4.78, 5) is 20.6. The topological polar surface area (TPSA) is 58.0 Å². The number of aromatic nitrogens is 4. The molecule has 4 heterocycles. The summed E-state index contributed by atoms with van der Waals surface area (Å²) in [5.74, 6) is 2.11. The first-order valence-corrected chi connectivity index (χ1v) is 7.45. The van der Waals surface area contributed by atoms with E-state index < -0.39 is 0 Å². The van der Waals surface area contributed by atoms with E-state index in [1.807, 2.05) is 17.9 Å². The Hall–Kier alpha value is -2.31. The molecule has 2 unspecified atom stereocenters. The number of hydrogen-bond acceptors (Lipinski definition) is 6. The summed E-state index contributed by atoms with van der Waals surface area (Å²) >= 11 is 0. The summed E-state index contributed by atoms with van der Waals surface area (Å²) in [6.45, 7) is 5.54. The maximum Gasteiger partial charge on any atom is 0.183 e. The molecule has 2 aromatic rings. The monoisotopic (exact) mass is 300 g/mol. The number of rotatable bonds is 2. The molecule has 0 bridgehead atoms. The predicted octanol–water partition coefficient (Wildman–Crippen LogP) is 1.29. The number of halogens is 1. The molecule has 2 aromatic heterocycles. The van der Waals surface area contributed by atoms with Crippen LogP contribution in [0.5, 0.6) is 0 Å². The number of anilines is 2. The Balaban J connectivity index is 1.48. The third kappa shape index (κ3) is 2.26. The van der Waals surface area contributed by atoms with Gasteiger partial charge in [-0.1, -0.05) is 0 Å². The summed E-state index contributed by atoms with van der Waals surface area (Å²) in [5, 5.41) is 0. The van der Waals surface area contributed by atoms with Crippen molar-refractivity contribution < 1.29 is 4.39 Å². The lowest BCUT2D eigenvalue weighted by molar-refractivity contribution is 0.533. The van der Waals surface area contributed by atoms with E-state index in [1.165, 1.54) is 12.5 Å². The average molecular weight is 300 g/mol. The van der Waals surface area contributed by atoms with Gasteiger partial charge in [-0.15, -0.1) is 0 Å². The SMILES string of the molecule is Cc1cc(N2CC3CN(c4ncncc4F)CC3C2)ncn1. The molecule has 2 saturated heterocycles. The molecule has 2 fully saturated rings. The summed E-state index contributed by atoms with van der Waals surface area (Å²) in [6.07, 6.45) is 4.25. The van der Waals surface area contributed by atoms with Crippen LogP contribution >= 0.6 is 0 Å². The molecule has 0 aromatic carbocycles. The second-order valence-electron chi connectivity index (χ2n) is 6.04. The van der Waals surface area contributed by atoms with Crippen molar-refractivity contribution in [3.05, 3.63) is 36.4 Å². The molecule has 6 nitrogen and oxygen atoms in total. The van der Waals surface area contributed by atoms with Gasteiger partial charge in [-0.2, -0.15) is 0 Å². The van der Waals surface area contributed by atoms with Gasteiger partial charge in [0.25, 0.3) is 0 Å². The van der Waals surface area contributed by atoms with Gasteiger partial charge in [-0.3, -0.25) is 0 Å². The van der Waals surface area contributed by atoms with Crippen LogP contribution in [0.25, 0.3) is 0 Å². The van der Waals surface area contributed by atoms with E-state index in [-0.39, 0.29) is 5.82 Å². The predicted molar refractivity (Wildman–Crippen MR) is 80.2 cm³/mol. The second kappa shape index (κ2) is 5.15. The average Bonchev–Trinajstić information content (AvgIpc) is 3.06. The summed E-state index contributed by atoms with van der Waals surface area (Å²) in [6, 6.07) is 2.02. The molecule has 0 amide bonds. The maximum atomic E-state index is 13.8. The maximum absolute atomic E-state index is 13.8. The quantitative estimate of drug-likeness (QED) is 0.833. The Bertz CT molecular complexity index is 679. The van der Waals surface area contributed by atoms with Crippen molar-refractivity contribution in [3.63, 3.8) is 0 Å². The Morgan fingerprint density at radius 2 is 1.73 bits per heavy atom. The van der Waals surface area contributed by atoms with E-state index in [2.05, 4.69) is 24.8 Å². The first-order chi connectivity index (χ1) is 10.7. The van der Waals surface area contributed by atoms with Gasteiger partial charge in [-0.25, -0.2) is 24.3 Å². The van der Waals surface area contributed by atoms with Crippen LogP contribution in [0, 0.1) is 24.6 Å². The van der Waals surface area contributed by atoms with Gasteiger partial charge in [0.05, 0.1) is 6.20 Å². The lowest BCUT2D eigenvalue weighted by Gasteiger charge is -2.23. The Morgan fingerprint density at radius 1 is 1.00 bits per heavy atom. The zero-order chi connectivity index (χ0) is 15.1. The molecule has 2 aliphatic rings. The van der Waals surface area contributed by atoms with Crippen molar-refractivity contribution in [1.29, 1.82) is 0 Å². The molecule has 0 aliphatic carbocycles. The van der Waals surface area contributed by atoms with Gasteiger partial charge in [0.2, 0.25) is 0 Å². The highest BCUT2D eigenvalue weighted by atomic mass is 19.1. The van der Waals surface area contributed by atoms with E-state index in [0.29, 0.717) is 17.7 Å². The van der Waals surface area contributed by atoms with Crippen LogP contribution in [0.2, 0.25) is 0 Å². The molecule has 0 saturated carbocycles. The molecule has 0 spiro atoms. The van der Waals surface area contributed by atoms with Crippen LogP contribution < -0.4 is 9.80 Å². The van der Waals surface area contributed by atoms with Crippen LogP contribution in [0.15, 0.2) is 24.9 Å². The zero-order valence-electron chi connectivity index (χ0n) is 12.4. The number of aryl methyl sites for hydroxylation is 1. The van der Waals surface area contributed by atoms with Crippen LogP contribution in [0.3, 0.4) is 0 Å². The van der Waals surface area contributed by atoms with E-state index in [4.69, 9.17) is 0 Å². The minimum absolute atomic E-state index is 0.342. The van der Waals surface area contributed by atoms with E-state index in [0.717, 1.165) is 37.7 Å². The number of nitrogens with zero attached hydrogens (tertiary/aromatic N) is 6. The van der Waals surface area contributed by atoms with Gasteiger partial charge < -0.3 is 9.80 Å². The standard InChI is InChI=1S/C15H17FN6/c1-10-2-14(19-9-18-10)21-4-11-6-22(7-12(11)5-21)15-13(16)3-17-8-20-15/h2-3,8-9,11-12H,4-7H2,1H3. The first kappa shape index (κ1) is 13.4. The van der Waals surface area contributed by atoms with Gasteiger partial charge in [0.15, 0.2) is 11.6 Å². The summed E-state index contributed by atoms with van der Waals surface area (Å²) < 4.78 is 13.8. The Kier molecular flexibility index (Phi) is 3.13. The van der Waals surface area contributed by atoms with Crippen molar-refractivity contribution in [2.24, 2.45) is 11.8 Å². The third-order valence-corrected chi connectivity index (χ3v) is 4.55. The van der Waals surface area contributed by atoms with Crippen LogP contribution in [-0.2, 0) is 0 Å². The van der Waals surface area contributed by atoms with E-state index in [1.54, 1.807) is 6.33 Å². The lowest BCUT2D eigenvalue weighted by atomic mass is 10.0. The highest BCUT2D eigenvalue weighted by molar-refractivity contribution is 5.45. The van der Waals surface area contributed by atoms with Crippen LogP contribution in [0.1, 0.15) is 5.69 Å². The molecule has 2 atom stereocenters. The molecule has 114 valence electrons. The zero-order valence-corrected chi connectivity index (χ0v) is 12.4. The Morgan fingerprint density at radius 3 is 2.41 bits per heavy atom. The van der Waals surface area contributed by atoms with E-state index >= 15 is 0 Å². The molecule has 4 rings (SSSR count). The van der Waals surface area contributed by atoms with Gasteiger partial charge >= 0.3 is 0 Å². The minimum atomic E-state index is -0.342. The van der Waals surface area contributed by atoms with Crippen molar-refractivity contribution in [1.82, 2.24) is 19.9 Å². The molecule has 7 heteroatoms. The largest absolute Gasteiger partial charge is 0.356 e. The molecular weight excluding hydrogens is 283 g/mol. The summed E-state index contributed by atoms with van der Waals surface area (Å²) in [7, 11) is 0. The van der Waals surface area contributed by atoms with Crippen molar-refractivity contribution in [3.8, 4) is 0 Å². The third-order valence-electron chi connectivity index (χ3n) is 4.55. The smallest absolute Gasteiger partial charge is 0.183 e. The van der Waals surface area contributed by atoms with Crippen molar-refractivity contribution in [2.75, 3.05) is 36.0 Å². The molecule has 0 N–H and O–H groups in total. The number of fused-ring (bicyclic) bond motifs is 1. The fourth-order valence-corrected chi connectivity index (χ4v) is 3.51. The summed E-state index contributed by atoms with van der Waals surface area (Å²) in [5.41, 5.74) is 0.978. The normalized spacial score (nSPS) is 23.9. The molecule has 0 radical (unpaired) electrons. The highest BCUT2D eigenvalue weighted by Gasteiger charge is 2.41. The highest BCUT2D eigenvalue weighted by Crippen LogP contribution is 2.35. The number of hydrogen-bond donors (Lipinski definition) is 0. The van der Waals surface area contributed by atoms with E-state index in [9.17, 15) is 4.39 Å². The van der Waals surface area contributed by atoms with Crippen LogP contribution in [-0.4, -0.2) is 46.1 Å². The van der Waals surface area contributed by atoms with Crippen molar-refractivity contribution in [2.45, 2.75) is 6.92 Å². The molecule has 2 aliphatic heterocycles. The fraction of sp³-hybridized carbons (Fsp3) is 0.467.